The van der Waals surface area contributed by atoms with E-state index in [4.69, 9.17) is 0 Å². The maximum Gasteiger partial charge on any atom is 0.252 e. The highest BCUT2D eigenvalue weighted by Gasteiger charge is 2.48. The van der Waals surface area contributed by atoms with Gasteiger partial charge in [-0.1, -0.05) is 218 Å². The molecule has 4 aliphatic rings. The van der Waals surface area contributed by atoms with Crippen LogP contribution in [-0.4, -0.2) is 6.71 Å². The summed E-state index contributed by atoms with van der Waals surface area (Å²) in [7, 11) is 0. The normalized spacial score (nSPS) is 17.0. The molecule has 0 amide bonds. The lowest BCUT2D eigenvalue weighted by atomic mass is 9.33. The third-order valence-corrected chi connectivity index (χ3v) is 20.0. The summed E-state index contributed by atoms with van der Waals surface area (Å²) >= 11 is 0. The fourth-order valence-corrected chi connectivity index (χ4v) is 14.6. The van der Waals surface area contributed by atoms with Crippen LogP contribution in [0.2, 0.25) is 0 Å². The van der Waals surface area contributed by atoms with Gasteiger partial charge in [-0.05, 0) is 204 Å². The number of benzene rings is 9. The van der Waals surface area contributed by atoms with E-state index in [1.165, 1.54) is 118 Å². The summed E-state index contributed by atoms with van der Waals surface area (Å²) in [5.74, 6) is 0. The zero-order valence-corrected chi connectivity index (χ0v) is 52.1. The second-order valence-electron chi connectivity index (χ2n) is 29.6. The lowest BCUT2D eigenvalue weighted by Crippen LogP contribution is -2.62. The van der Waals surface area contributed by atoms with E-state index in [0.717, 1.165) is 36.3 Å². The van der Waals surface area contributed by atoms with Crippen LogP contribution in [0.1, 0.15) is 162 Å². The molecule has 83 heavy (non-hydrogen) atoms. The molecule has 418 valence electrons. The van der Waals surface area contributed by atoms with Gasteiger partial charge >= 0.3 is 0 Å². The Morgan fingerprint density at radius 2 is 0.843 bits per heavy atom. The predicted molar refractivity (Wildman–Crippen MR) is 359 cm³/mol. The summed E-state index contributed by atoms with van der Waals surface area (Å²) in [6.07, 6.45) is 4.60. The van der Waals surface area contributed by atoms with Crippen LogP contribution in [0.25, 0.3) is 22.3 Å². The van der Waals surface area contributed by atoms with Crippen LogP contribution in [0.15, 0.2) is 188 Å². The molecule has 0 saturated carbocycles. The first-order valence-electron chi connectivity index (χ1n) is 30.8. The van der Waals surface area contributed by atoms with E-state index >= 15 is 0 Å². The third kappa shape index (κ3) is 9.17. The number of anilines is 9. The number of para-hydroxylation sites is 2. The van der Waals surface area contributed by atoms with E-state index in [1.807, 2.05) is 0 Å². The van der Waals surface area contributed by atoms with E-state index in [2.05, 4.69) is 307 Å². The Hall–Kier alpha value is -7.56. The van der Waals surface area contributed by atoms with Crippen molar-refractivity contribution in [3.05, 3.63) is 227 Å². The Kier molecular flexibility index (Phi) is 12.7. The van der Waals surface area contributed by atoms with Gasteiger partial charge in [0, 0.05) is 45.4 Å². The summed E-state index contributed by atoms with van der Waals surface area (Å²) in [6.45, 7) is 36.2. The summed E-state index contributed by atoms with van der Waals surface area (Å²) < 4.78 is 0. The van der Waals surface area contributed by atoms with Crippen LogP contribution in [0, 0.1) is 6.92 Å². The lowest BCUT2D eigenvalue weighted by Gasteiger charge is -2.48. The van der Waals surface area contributed by atoms with Crippen molar-refractivity contribution < 1.29 is 0 Å². The Bertz CT molecular complexity index is 3980. The van der Waals surface area contributed by atoms with E-state index < -0.39 is 0 Å². The Labute approximate surface area is 497 Å². The smallest absolute Gasteiger partial charge is 0.252 e. The van der Waals surface area contributed by atoms with Crippen molar-refractivity contribution >= 4 is 74.3 Å². The Balaban J connectivity index is 1.21. The molecule has 2 heterocycles. The van der Waals surface area contributed by atoms with Gasteiger partial charge in [-0.2, -0.15) is 0 Å². The van der Waals surface area contributed by atoms with Crippen LogP contribution in [0.4, 0.5) is 51.2 Å². The van der Waals surface area contributed by atoms with Crippen LogP contribution < -0.4 is 31.1 Å². The van der Waals surface area contributed by atoms with Crippen molar-refractivity contribution in [3.63, 3.8) is 0 Å². The highest BCUT2D eigenvalue weighted by molar-refractivity contribution is 7.00. The molecule has 0 bridgehead atoms. The van der Waals surface area contributed by atoms with Crippen molar-refractivity contribution in [2.75, 3.05) is 14.7 Å². The molecule has 9 aromatic rings. The minimum Gasteiger partial charge on any atom is -0.311 e. The fourth-order valence-electron chi connectivity index (χ4n) is 14.6. The van der Waals surface area contributed by atoms with Crippen molar-refractivity contribution in [2.24, 2.45) is 0 Å². The van der Waals surface area contributed by atoms with Gasteiger partial charge in [0.15, 0.2) is 0 Å². The average Bonchev–Trinajstić information content (AvgIpc) is 0.955. The van der Waals surface area contributed by atoms with Gasteiger partial charge in [0.1, 0.15) is 0 Å². The van der Waals surface area contributed by atoms with Crippen molar-refractivity contribution in [2.45, 2.75) is 162 Å². The summed E-state index contributed by atoms with van der Waals surface area (Å²) in [6, 6.07) is 73.2. The molecule has 2 aliphatic carbocycles. The van der Waals surface area contributed by atoms with E-state index in [9.17, 15) is 0 Å². The highest BCUT2D eigenvalue weighted by atomic mass is 15.2. The molecule has 0 spiro atoms. The quantitative estimate of drug-likeness (QED) is 0.147. The van der Waals surface area contributed by atoms with E-state index in [0.29, 0.717) is 0 Å². The van der Waals surface area contributed by atoms with Gasteiger partial charge in [0.05, 0.1) is 11.4 Å². The van der Waals surface area contributed by atoms with Gasteiger partial charge < -0.3 is 14.7 Å². The summed E-state index contributed by atoms with van der Waals surface area (Å²) in [4.78, 5) is 7.91. The molecule has 2 aliphatic heterocycles. The SMILES string of the molecule is Cc1ccc(C(C)(C)C)cc1N1c2cc(-c3ccccc3)ccc2B2c3cc4c(cc3N(c3ccc(C(C)(C)C)cc3-c3ccc5c(c3)C(C)(C)CCC5(C)C)c3cc(N(c5ccccc5)c5ccccc5)cc1c32)C(C)(C)CCC4(C)C. The van der Waals surface area contributed by atoms with Gasteiger partial charge in [-0.3, -0.25) is 0 Å². The van der Waals surface area contributed by atoms with Crippen LogP contribution >= 0.6 is 0 Å². The van der Waals surface area contributed by atoms with Gasteiger partial charge in [0.25, 0.3) is 6.71 Å². The molecule has 9 aromatic carbocycles. The van der Waals surface area contributed by atoms with Crippen LogP contribution in [-0.2, 0) is 32.5 Å². The molecule has 0 N–H and O–H groups in total. The third-order valence-electron chi connectivity index (χ3n) is 20.0. The van der Waals surface area contributed by atoms with E-state index in [-0.39, 0.29) is 39.2 Å². The molecule has 0 aromatic heterocycles. The largest absolute Gasteiger partial charge is 0.311 e. The number of fused-ring (bicyclic) bond motifs is 6. The first-order chi connectivity index (χ1) is 39.3. The molecular formula is C79H84BN3. The maximum atomic E-state index is 2.75. The average molecular weight is 1090 g/mol. The van der Waals surface area contributed by atoms with Gasteiger partial charge in [-0.25, -0.2) is 0 Å². The second kappa shape index (κ2) is 19.2. The zero-order chi connectivity index (χ0) is 58.3. The van der Waals surface area contributed by atoms with Crippen LogP contribution in [0.5, 0.6) is 0 Å². The Morgan fingerprint density at radius 3 is 1.42 bits per heavy atom. The standard InChI is InChI=1S/C79H84BN3/c1-51-31-34-56(75(5,6)7)46-68(51)83-69-44-53(52-25-19-16-20-26-52)33-37-65(69)80-66-49-63-64(79(14,15)42-41-78(63,12)13)50-70(66)82(71-47-59(48-72(83)73(71)80)81(57-27-21-17-22-28-57)58-29-23-18-24-30-58)67-38-35-55(74(2,3)4)45-60(67)54-32-36-61-62(43-54)77(10,11)40-39-76(61,8)9/h16-38,43-50H,39-42H2,1-15H3. The molecule has 0 fully saturated rings. The number of nitrogens with zero attached hydrogens (tertiary/aromatic N) is 3. The predicted octanol–water partition coefficient (Wildman–Crippen LogP) is 20.2. The number of hydrogen-bond acceptors (Lipinski definition) is 3. The highest BCUT2D eigenvalue weighted by Crippen LogP contribution is 2.55. The molecule has 13 rings (SSSR count). The first-order valence-corrected chi connectivity index (χ1v) is 30.8. The van der Waals surface area contributed by atoms with Crippen LogP contribution in [0.3, 0.4) is 0 Å². The minimum absolute atomic E-state index is 0.0159. The molecule has 0 saturated heterocycles. The topological polar surface area (TPSA) is 9.72 Å². The fraction of sp³-hybridized carbons (Fsp3) is 0.316. The Morgan fingerprint density at radius 1 is 0.361 bits per heavy atom. The maximum absolute atomic E-state index is 2.75. The van der Waals surface area contributed by atoms with Crippen molar-refractivity contribution in [1.82, 2.24) is 0 Å². The van der Waals surface area contributed by atoms with Crippen molar-refractivity contribution in [1.29, 1.82) is 0 Å². The second-order valence-corrected chi connectivity index (χ2v) is 29.6. The summed E-state index contributed by atoms with van der Waals surface area (Å²) in [5.41, 5.74) is 29.3. The first kappa shape index (κ1) is 54.7. The minimum atomic E-state index is -0.0878. The molecule has 3 nitrogen and oxygen atoms in total. The molecule has 0 unspecified atom stereocenters. The number of hydrogen-bond donors (Lipinski definition) is 0. The zero-order valence-electron chi connectivity index (χ0n) is 52.1. The van der Waals surface area contributed by atoms with Gasteiger partial charge in [0.2, 0.25) is 0 Å². The number of aryl methyl sites for hydroxylation is 1. The van der Waals surface area contributed by atoms with Gasteiger partial charge in [-0.15, -0.1) is 0 Å². The molecular weight excluding hydrogens is 1000 g/mol. The molecule has 0 atom stereocenters. The monoisotopic (exact) mass is 1090 g/mol. The molecule has 4 heteroatoms. The number of rotatable bonds is 7. The van der Waals surface area contributed by atoms with E-state index in [1.54, 1.807) is 0 Å². The lowest BCUT2D eigenvalue weighted by molar-refractivity contribution is 0.332. The van der Waals surface area contributed by atoms with Crippen molar-refractivity contribution in [3.8, 4) is 22.3 Å². The molecule has 0 radical (unpaired) electrons. The summed E-state index contributed by atoms with van der Waals surface area (Å²) in [5, 5.41) is 0.